The Bertz CT molecular complexity index is 548. The molecule has 0 aromatic carbocycles. The van der Waals surface area contributed by atoms with Gasteiger partial charge in [-0.05, 0) is 19.8 Å². The molecule has 7 heteroatoms. The molecule has 0 unspecified atom stereocenters. The highest BCUT2D eigenvalue weighted by Gasteiger charge is 2.09. The summed E-state index contributed by atoms with van der Waals surface area (Å²) in [5, 5.41) is 11.6. The Morgan fingerprint density at radius 1 is 1.53 bits per heavy atom. The maximum Gasteiger partial charge on any atom is 0.263 e. The number of carbonyl (C=O) groups is 1. The lowest BCUT2D eigenvalue weighted by atomic mass is 10.4. The van der Waals surface area contributed by atoms with Crippen LogP contribution in [0.5, 0.6) is 0 Å². The van der Waals surface area contributed by atoms with Crippen molar-refractivity contribution in [2.24, 2.45) is 0 Å². The van der Waals surface area contributed by atoms with E-state index in [9.17, 15) is 4.79 Å². The molecule has 0 radical (unpaired) electrons. The van der Waals surface area contributed by atoms with Crippen molar-refractivity contribution in [2.45, 2.75) is 33.2 Å². The number of rotatable bonds is 6. The van der Waals surface area contributed by atoms with Gasteiger partial charge in [0.05, 0.1) is 11.2 Å². The summed E-state index contributed by atoms with van der Waals surface area (Å²) >= 11 is 1.46. The number of aryl methyl sites for hydroxylation is 2. The molecule has 0 fully saturated rings. The molecule has 0 aliphatic carbocycles. The zero-order valence-electron chi connectivity index (χ0n) is 11.1. The van der Waals surface area contributed by atoms with E-state index in [0.29, 0.717) is 18.0 Å². The van der Waals surface area contributed by atoms with Crippen LogP contribution in [0, 0.1) is 6.92 Å². The van der Waals surface area contributed by atoms with Crippen LogP contribution >= 0.6 is 11.3 Å². The highest BCUT2D eigenvalue weighted by molar-refractivity contribution is 7.13. The van der Waals surface area contributed by atoms with Gasteiger partial charge in [0.2, 0.25) is 0 Å². The van der Waals surface area contributed by atoms with Gasteiger partial charge in [-0.15, -0.1) is 21.5 Å². The molecule has 0 aliphatic rings. The molecule has 2 rings (SSSR count). The van der Waals surface area contributed by atoms with Crippen molar-refractivity contribution in [3.05, 3.63) is 28.2 Å². The van der Waals surface area contributed by atoms with Gasteiger partial charge >= 0.3 is 0 Å². The zero-order chi connectivity index (χ0) is 13.7. The first-order chi connectivity index (χ1) is 9.20. The first kappa shape index (κ1) is 13.7. The van der Waals surface area contributed by atoms with Crippen LogP contribution < -0.4 is 5.32 Å². The quantitative estimate of drug-likeness (QED) is 0.868. The van der Waals surface area contributed by atoms with Gasteiger partial charge in [0.1, 0.15) is 17.0 Å². The van der Waals surface area contributed by atoms with Crippen molar-refractivity contribution in [3.8, 4) is 0 Å². The molecule has 19 heavy (non-hydrogen) atoms. The average molecular weight is 279 g/mol. The van der Waals surface area contributed by atoms with E-state index < -0.39 is 0 Å². The molecular formula is C12H17N5OS. The molecule has 0 atom stereocenters. The molecule has 2 heterocycles. The Balaban J connectivity index is 1.82. The molecule has 6 nitrogen and oxygen atoms in total. The molecule has 2 aromatic rings. The topological polar surface area (TPSA) is 72.7 Å². The lowest BCUT2D eigenvalue weighted by Gasteiger charge is -2.04. The molecule has 102 valence electrons. The summed E-state index contributed by atoms with van der Waals surface area (Å²) in [4.78, 5) is 16.8. The van der Waals surface area contributed by atoms with Gasteiger partial charge in [0.15, 0.2) is 0 Å². The lowest BCUT2D eigenvalue weighted by Crippen LogP contribution is -2.26. The van der Waals surface area contributed by atoms with E-state index >= 15 is 0 Å². The lowest BCUT2D eigenvalue weighted by molar-refractivity contribution is 0.0956. The number of amides is 1. The van der Waals surface area contributed by atoms with E-state index in [2.05, 4.69) is 27.4 Å². The minimum atomic E-state index is -0.0643. The van der Waals surface area contributed by atoms with E-state index in [1.807, 2.05) is 11.5 Å². The van der Waals surface area contributed by atoms with Crippen molar-refractivity contribution < 1.29 is 4.79 Å². The van der Waals surface area contributed by atoms with E-state index in [1.165, 1.54) is 11.3 Å². The zero-order valence-corrected chi connectivity index (χ0v) is 11.9. The monoisotopic (exact) mass is 279 g/mol. The maximum absolute atomic E-state index is 11.9. The fourth-order valence-corrected chi connectivity index (χ4v) is 2.59. The van der Waals surface area contributed by atoms with Crippen LogP contribution in [0.3, 0.4) is 0 Å². The second kappa shape index (κ2) is 6.42. The summed E-state index contributed by atoms with van der Waals surface area (Å²) in [6.45, 7) is 5.21. The number of hydrogen-bond acceptors (Lipinski definition) is 5. The maximum atomic E-state index is 11.9. The predicted molar refractivity (Wildman–Crippen MR) is 73.2 cm³/mol. The van der Waals surface area contributed by atoms with E-state index in [0.717, 1.165) is 23.7 Å². The van der Waals surface area contributed by atoms with Crippen LogP contribution in [-0.2, 0) is 13.0 Å². The molecule has 0 aliphatic heterocycles. The first-order valence-corrected chi connectivity index (χ1v) is 7.09. The van der Waals surface area contributed by atoms with Crippen molar-refractivity contribution in [1.29, 1.82) is 0 Å². The van der Waals surface area contributed by atoms with Crippen LogP contribution in [0.2, 0.25) is 0 Å². The number of nitrogens with zero attached hydrogens (tertiary/aromatic N) is 4. The van der Waals surface area contributed by atoms with Crippen LogP contribution in [0.25, 0.3) is 0 Å². The van der Waals surface area contributed by atoms with Crippen LogP contribution in [0.1, 0.15) is 33.8 Å². The molecule has 0 bridgehead atoms. The molecule has 2 aromatic heterocycles. The number of thiazole rings is 1. The Labute approximate surface area is 115 Å². The fourth-order valence-electron chi connectivity index (χ4n) is 1.65. The summed E-state index contributed by atoms with van der Waals surface area (Å²) in [6, 6.07) is 0. The largest absolute Gasteiger partial charge is 0.349 e. The molecule has 0 saturated heterocycles. The second-order valence-electron chi connectivity index (χ2n) is 4.20. The number of hydrogen-bond donors (Lipinski definition) is 1. The Morgan fingerprint density at radius 2 is 2.37 bits per heavy atom. The molecular weight excluding hydrogens is 262 g/mol. The molecule has 1 N–H and O–H groups in total. The van der Waals surface area contributed by atoms with E-state index in [1.54, 1.807) is 12.5 Å². The summed E-state index contributed by atoms with van der Waals surface area (Å²) in [5.41, 5.74) is 0. The van der Waals surface area contributed by atoms with Crippen LogP contribution in [0.4, 0.5) is 0 Å². The smallest absolute Gasteiger partial charge is 0.263 e. The van der Waals surface area contributed by atoms with Crippen LogP contribution in [0.15, 0.2) is 12.5 Å². The van der Waals surface area contributed by atoms with Gasteiger partial charge in [0.25, 0.3) is 5.91 Å². The standard InChI is InChI=1S/C12H17N5OS/c1-3-4-11-14-7-10(19-11)12(18)13-5-6-17-8-15-16-9(17)2/h7-8H,3-6H2,1-2H3,(H,13,18). The highest BCUT2D eigenvalue weighted by Crippen LogP contribution is 2.14. The van der Waals surface area contributed by atoms with Gasteiger partial charge in [-0.25, -0.2) is 4.98 Å². The molecule has 0 saturated carbocycles. The molecule has 1 amide bonds. The summed E-state index contributed by atoms with van der Waals surface area (Å²) in [7, 11) is 0. The van der Waals surface area contributed by atoms with E-state index in [4.69, 9.17) is 0 Å². The van der Waals surface area contributed by atoms with Crippen molar-refractivity contribution in [2.75, 3.05) is 6.54 Å². The average Bonchev–Trinajstić information content (AvgIpc) is 3.00. The third kappa shape index (κ3) is 3.60. The Hall–Kier alpha value is -1.76. The number of aromatic nitrogens is 4. The number of carbonyl (C=O) groups excluding carboxylic acids is 1. The Kier molecular flexibility index (Phi) is 4.62. The summed E-state index contributed by atoms with van der Waals surface area (Å²) in [6.07, 6.45) is 5.28. The van der Waals surface area contributed by atoms with Gasteiger partial charge in [0, 0.05) is 13.1 Å². The molecule has 0 spiro atoms. The fraction of sp³-hybridized carbons (Fsp3) is 0.500. The number of nitrogens with one attached hydrogen (secondary N) is 1. The van der Waals surface area contributed by atoms with Gasteiger partial charge in [-0.3, -0.25) is 4.79 Å². The van der Waals surface area contributed by atoms with Crippen LogP contribution in [-0.4, -0.2) is 32.2 Å². The van der Waals surface area contributed by atoms with Crippen molar-refractivity contribution in [3.63, 3.8) is 0 Å². The van der Waals surface area contributed by atoms with Gasteiger partial charge in [-0.2, -0.15) is 0 Å². The minimum Gasteiger partial charge on any atom is -0.349 e. The summed E-state index contributed by atoms with van der Waals surface area (Å²) < 4.78 is 1.90. The predicted octanol–water partition coefficient (Wildman–Crippen LogP) is 1.43. The minimum absolute atomic E-state index is 0.0643. The van der Waals surface area contributed by atoms with Gasteiger partial charge in [-0.1, -0.05) is 6.92 Å². The van der Waals surface area contributed by atoms with Crippen molar-refractivity contribution in [1.82, 2.24) is 25.1 Å². The third-order valence-electron chi connectivity index (χ3n) is 2.69. The van der Waals surface area contributed by atoms with Gasteiger partial charge < -0.3 is 9.88 Å². The normalized spacial score (nSPS) is 10.6. The second-order valence-corrected chi connectivity index (χ2v) is 5.31. The third-order valence-corrected chi connectivity index (χ3v) is 3.74. The highest BCUT2D eigenvalue weighted by atomic mass is 32.1. The Morgan fingerprint density at radius 3 is 3.05 bits per heavy atom. The SMILES string of the molecule is CCCc1ncc(C(=O)NCCn2cnnc2C)s1. The van der Waals surface area contributed by atoms with E-state index in [-0.39, 0.29) is 5.91 Å². The first-order valence-electron chi connectivity index (χ1n) is 6.28. The summed E-state index contributed by atoms with van der Waals surface area (Å²) in [5.74, 6) is 0.780. The van der Waals surface area contributed by atoms with Crippen molar-refractivity contribution >= 4 is 17.2 Å².